The summed E-state index contributed by atoms with van der Waals surface area (Å²) in [5, 5.41) is 4.46. The third-order valence-corrected chi connectivity index (χ3v) is 4.71. The normalized spacial score (nSPS) is 34.6. The van der Waals surface area contributed by atoms with Crippen LogP contribution in [-0.4, -0.2) is 47.6 Å². The summed E-state index contributed by atoms with van der Waals surface area (Å²) in [4.78, 5) is 2.71. The van der Waals surface area contributed by atoms with Crippen LogP contribution in [0, 0.1) is 0 Å². The molecule has 2 aliphatic rings. The van der Waals surface area contributed by atoms with Crippen molar-refractivity contribution >= 4 is 11.8 Å². The first kappa shape index (κ1) is 11.7. The summed E-state index contributed by atoms with van der Waals surface area (Å²) in [5.74, 6) is 0. The molecule has 1 heterocycles. The molecule has 0 aromatic carbocycles. The molecular formula is C12H24N2S. The molecule has 2 fully saturated rings. The zero-order valence-corrected chi connectivity index (χ0v) is 11.0. The molecule has 88 valence electrons. The quantitative estimate of drug-likeness (QED) is 0.774. The van der Waals surface area contributed by atoms with Gasteiger partial charge in [-0.05, 0) is 32.4 Å². The Balaban J connectivity index is 1.71. The molecule has 1 saturated heterocycles. The van der Waals surface area contributed by atoms with Crippen LogP contribution >= 0.6 is 11.8 Å². The van der Waals surface area contributed by atoms with E-state index >= 15 is 0 Å². The molecular weight excluding hydrogens is 204 g/mol. The summed E-state index contributed by atoms with van der Waals surface area (Å²) < 4.78 is 0. The highest BCUT2D eigenvalue weighted by atomic mass is 32.2. The first-order chi connectivity index (χ1) is 7.20. The summed E-state index contributed by atoms with van der Waals surface area (Å²) >= 11 is 1.95. The molecule has 2 rings (SSSR count). The maximum atomic E-state index is 3.71. The third kappa shape index (κ3) is 3.11. The Morgan fingerprint density at radius 2 is 2.20 bits per heavy atom. The predicted molar refractivity (Wildman–Crippen MR) is 68.6 cm³/mol. The van der Waals surface area contributed by atoms with E-state index in [0.717, 1.165) is 29.9 Å². The average Bonchev–Trinajstić information content (AvgIpc) is 3.00. The van der Waals surface area contributed by atoms with Gasteiger partial charge in [0.2, 0.25) is 0 Å². The molecule has 1 aliphatic carbocycles. The van der Waals surface area contributed by atoms with E-state index in [2.05, 4.69) is 30.3 Å². The van der Waals surface area contributed by atoms with Crippen LogP contribution in [0.1, 0.15) is 33.1 Å². The van der Waals surface area contributed by atoms with E-state index in [0.29, 0.717) is 0 Å². The average molecular weight is 228 g/mol. The fourth-order valence-corrected chi connectivity index (χ4v) is 2.80. The summed E-state index contributed by atoms with van der Waals surface area (Å²) in [7, 11) is 0. The molecule has 0 aromatic heterocycles. The summed E-state index contributed by atoms with van der Waals surface area (Å²) in [5.41, 5.74) is 0. The van der Waals surface area contributed by atoms with Gasteiger partial charge in [-0.1, -0.05) is 6.92 Å². The fourth-order valence-electron chi connectivity index (χ4n) is 2.54. The summed E-state index contributed by atoms with van der Waals surface area (Å²) in [6.07, 6.45) is 6.42. The maximum absolute atomic E-state index is 3.71. The number of hydrogen-bond donors (Lipinski definition) is 1. The Hall–Kier alpha value is 0.270. The van der Waals surface area contributed by atoms with E-state index < -0.39 is 0 Å². The van der Waals surface area contributed by atoms with Crippen LogP contribution in [0.5, 0.6) is 0 Å². The first-order valence-electron chi connectivity index (χ1n) is 6.22. The Morgan fingerprint density at radius 1 is 1.47 bits per heavy atom. The van der Waals surface area contributed by atoms with Gasteiger partial charge in [0.05, 0.1) is 0 Å². The van der Waals surface area contributed by atoms with Crippen molar-refractivity contribution in [3.05, 3.63) is 0 Å². The van der Waals surface area contributed by atoms with Crippen LogP contribution in [0.3, 0.4) is 0 Å². The van der Waals surface area contributed by atoms with Crippen LogP contribution in [0.15, 0.2) is 0 Å². The third-order valence-electron chi connectivity index (χ3n) is 3.74. The second-order valence-electron chi connectivity index (χ2n) is 5.16. The number of nitrogens with one attached hydrogen (secondary N) is 1. The minimum absolute atomic E-state index is 0.746. The lowest BCUT2D eigenvalue weighted by Gasteiger charge is -2.20. The molecule has 1 N–H and O–H groups in total. The molecule has 15 heavy (non-hydrogen) atoms. The van der Waals surface area contributed by atoms with Crippen LogP contribution in [0.2, 0.25) is 0 Å². The van der Waals surface area contributed by atoms with Gasteiger partial charge in [0, 0.05) is 36.5 Å². The highest BCUT2D eigenvalue weighted by molar-refractivity contribution is 7.99. The minimum Gasteiger partial charge on any atom is -0.312 e. The van der Waals surface area contributed by atoms with E-state index in [4.69, 9.17) is 0 Å². The zero-order chi connectivity index (χ0) is 10.8. The highest BCUT2D eigenvalue weighted by Crippen LogP contribution is 2.33. The van der Waals surface area contributed by atoms with E-state index in [1.807, 2.05) is 11.8 Å². The molecule has 2 nitrogen and oxygen atoms in total. The minimum atomic E-state index is 0.746. The molecule has 3 unspecified atom stereocenters. The van der Waals surface area contributed by atoms with Crippen molar-refractivity contribution in [2.75, 3.05) is 19.3 Å². The molecule has 0 spiro atoms. The number of nitrogens with zero attached hydrogens (tertiary/aromatic N) is 1. The van der Waals surface area contributed by atoms with Gasteiger partial charge in [-0.2, -0.15) is 11.8 Å². The van der Waals surface area contributed by atoms with Crippen LogP contribution in [0.25, 0.3) is 0 Å². The lowest BCUT2D eigenvalue weighted by molar-refractivity contribution is 0.255. The zero-order valence-electron chi connectivity index (χ0n) is 10.2. The molecule has 1 aliphatic heterocycles. The highest BCUT2D eigenvalue weighted by Gasteiger charge is 2.38. The Morgan fingerprint density at radius 3 is 2.80 bits per heavy atom. The number of likely N-dealkylation sites (tertiary alicyclic amines) is 1. The smallest absolute Gasteiger partial charge is 0.0210 e. The Bertz CT molecular complexity index is 206. The Labute approximate surface area is 98.2 Å². The van der Waals surface area contributed by atoms with Crippen molar-refractivity contribution in [3.63, 3.8) is 0 Å². The lowest BCUT2D eigenvalue weighted by atomic mass is 10.2. The van der Waals surface area contributed by atoms with Gasteiger partial charge in [-0.25, -0.2) is 0 Å². The van der Waals surface area contributed by atoms with Crippen molar-refractivity contribution in [2.45, 2.75) is 56.5 Å². The van der Waals surface area contributed by atoms with Gasteiger partial charge in [0.25, 0.3) is 0 Å². The molecule has 3 heteroatoms. The van der Waals surface area contributed by atoms with Crippen LogP contribution in [0.4, 0.5) is 0 Å². The Kier molecular flexibility index (Phi) is 3.97. The van der Waals surface area contributed by atoms with Crippen molar-refractivity contribution in [1.82, 2.24) is 10.2 Å². The largest absolute Gasteiger partial charge is 0.312 e. The molecule has 3 atom stereocenters. The maximum Gasteiger partial charge on any atom is 0.0210 e. The fraction of sp³-hybridized carbons (Fsp3) is 1.00. The topological polar surface area (TPSA) is 15.3 Å². The van der Waals surface area contributed by atoms with Gasteiger partial charge >= 0.3 is 0 Å². The van der Waals surface area contributed by atoms with E-state index in [9.17, 15) is 0 Å². The molecule has 0 aromatic rings. The monoisotopic (exact) mass is 228 g/mol. The van der Waals surface area contributed by atoms with Gasteiger partial charge in [0.15, 0.2) is 0 Å². The van der Waals surface area contributed by atoms with E-state index in [-0.39, 0.29) is 0 Å². The van der Waals surface area contributed by atoms with E-state index in [1.54, 1.807) is 0 Å². The van der Waals surface area contributed by atoms with Gasteiger partial charge in [-0.15, -0.1) is 0 Å². The second kappa shape index (κ2) is 5.07. The summed E-state index contributed by atoms with van der Waals surface area (Å²) in [6.45, 7) is 7.14. The SMILES string of the molecule is CSC(C)CNC1CC(C)N(C2CC2)C1. The van der Waals surface area contributed by atoms with Gasteiger partial charge < -0.3 is 5.32 Å². The summed E-state index contributed by atoms with van der Waals surface area (Å²) in [6, 6.07) is 2.49. The van der Waals surface area contributed by atoms with Crippen molar-refractivity contribution in [1.29, 1.82) is 0 Å². The number of thioether (sulfide) groups is 1. The van der Waals surface area contributed by atoms with Gasteiger partial charge in [0.1, 0.15) is 0 Å². The molecule has 0 bridgehead atoms. The van der Waals surface area contributed by atoms with Crippen LogP contribution < -0.4 is 5.32 Å². The predicted octanol–water partition coefficient (Wildman–Crippen LogP) is 1.95. The van der Waals surface area contributed by atoms with Crippen molar-refractivity contribution in [2.24, 2.45) is 0 Å². The second-order valence-corrected chi connectivity index (χ2v) is 6.44. The molecule has 1 saturated carbocycles. The van der Waals surface area contributed by atoms with E-state index in [1.165, 1.54) is 25.8 Å². The standard InChI is InChI=1S/C12H24N2S/c1-9-6-11(13-7-10(2)15-3)8-14(9)12-4-5-12/h9-13H,4-8H2,1-3H3. The van der Waals surface area contributed by atoms with Crippen LogP contribution in [-0.2, 0) is 0 Å². The van der Waals surface area contributed by atoms with Gasteiger partial charge in [-0.3, -0.25) is 4.90 Å². The molecule has 0 radical (unpaired) electrons. The lowest BCUT2D eigenvalue weighted by Crippen LogP contribution is -2.36. The molecule has 0 amide bonds. The number of hydrogen-bond acceptors (Lipinski definition) is 3. The number of rotatable bonds is 5. The first-order valence-corrected chi connectivity index (χ1v) is 7.51. The van der Waals surface area contributed by atoms with Crippen molar-refractivity contribution in [3.8, 4) is 0 Å². The van der Waals surface area contributed by atoms with Crippen molar-refractivity contribution < 1.29 is 0 Å².